The van der Waals surface area contributed by atoms with Crippen LogP contribution in [0.1, 0.15) is 58.8 Å². The van der Waals surface area contributed by atoms with Gasteiger partial charge in [-0.25, -0.2) is 0 Å². The van der Waals surface area contributed by atoms with Gasteiger partial charge in [0.1, 0.15) is 11.6 Å². The highest BCUT2D eigenvalue weighted by Crippen LogP contribution is 2.47. The Bertz CT molecular complexity index is 399. The summed E-state index contributed by atoms with van der Waals surface area (Å²) in [4.78, 5) is 27.3. The predicted octanol–water partition coefficient (Wildman–Crippen LogP) is 1.83. The van der Waals surface area contributed by atoms with Crippen LogP contribution in [0.3, 0.4) is 0 Å². The number of amides is 2. The van der Waals surface area contributed by atoms with Crippen molar-refractivity contribution in [2.45, 2.75) is 76.4 Å². The van der Waals surface area contributed by atoms with E-state index in [9.17, 15) is 9.59 Å². The third-order valence-electron chi connectivity index (χ3n) is 5.27. The molecule has 1 saturated heterocycles. The van der Waals surface area contributed by atoms with Gasteiger partial charge in [0.25, 0.3) is 0 Å². The van der Waals surface area contributed by atoms with E-state index in [0.29, 0.717) is 12.3 Å². The standard InChI is InChI=1S/C15H24N2O2/c1-3-12-13(18)17(11-6-4-5-7-11)15(2,10-8-9-10)14(19)16-12/h10-12H,3-9H2,1-2H3,(H,16,19). The van der Waals surface area contributed by atoms with Crippen LogP contribution in [0, 0.1) is 5.92 Å². The molecule has 2 unspecified atom stereocenters. The maximum absolute atomic E-state index is 12.7. The number of carbonyl (C=O) groups is 2. The lowest BCUT2D eigenvalue weighted by molar-refractivity contribution is -0.161. The van der Waals surface area contributed by atoms with Crippen molar-refractivity contribution < 1.29 is 9.59 Å². The van der Waals surface area contributed by atoms with Crippen molar-refractivity contribution in [2.75, 3.05) is 0 Å². The van der Waals surface area contributed by atoms with Crippen LogP contribution < -0.4 is 5.32 Å². The van der Waals surface area contributed by atoms with E-state index in [-0.39, 0.29) is 23.9 Å². The Hall–Kier alpha value is -1.06. The van der Waals surface area contributed by atoms with E-state index in [1.807, 2.05) is 18.7 Å². The first-order chi connectivity index (χ1) is 9.09. The van der Waals surface area contributed by atoms with Gasteiger partial charge in [-0.05, 0) is 44.9 Å². The zero-order chi connectivity index (χ0) is 13.6. The summed E-state index contributed by atoms with van der Waals surface area (Å²) in [6.45, 7) is 3.96. The molecule has 3 fully saturated rings. The lowest BCUT2D eigenvalue weighted by atomic mass is 9.85. The molecule has 2 amide bonds. The normalized spacial score (nSPS) is 36.7. The molecule has 0 aromatic carbocycles. The zero-order valence-electron chi connectivity index (χ0n) is 11.9. The van der Waals surface area contributed by atoms with Gasteiger partial charge in [-0.15, -0.1) is 0 Å². The van der Waals surface area contributed by atoms with Gasteiger partial charge < -0.3 is 10.2 Å². The fourth-order valence-corrected chi connectivity index (χ4v) is 3.90. The van der Waals surface area contributed by atoms with Crippen LogP contribution in [-0.4, -0.2) is 34.3 Å². The number of carbonyl (C=O) groups excluding carboxylic acids is 2. The van der Waals surface area contributed by atoms with Crippen LogP contribution in [0.25, 0.3) is 0 Å². The minimum Gasteiger partial charge on any atom is -0.342 e. The highest BCUT2D eigenvalue weighted by Gasteiger charge is 2.58. The van der Waals surface area contributed by atoms with Crippen LogP contribution >= 0.6 is 0 Å². The number of nitrogens with zero attached hydrogens (tertiary/aromatic N) is 1. The Kier molecular flexibility index (Phi) is 3.06. The largest absolute Gasteiger partial charge is 0.342 e. The summed E-state index contributed by atoms with van der Waals surface area (Å²) in [5.41, 5.74) is -0.586. The van der Waals surface area contributed by atoms with E-state index in [1.54, 1.807) is 0 Å². The molecule has 1 aliphatic heterocycles. The van der Waals surface area contributed by atoms with Crippen LogP contribution in [0.5, 0.6) is 0 Å². The summed E-state index contributed by atoms with van der Waals surface area (Å²) in [5, 5.41) is 2.95. The summed E-state index contributed by atoms with van der Waals surface area (Å²) in [7, 11) is 0. The summed E-state index contributed by atoms with van der Waals surface area (Å²) in [6, 6.07) is -0.0156. The predicted molar refractivity (Wildman–Crippen MR) is 72.5 cm³/mol. The Morgan fingerprint density at radius 1 is 1.21 bits per heavy atom. The van der Waals surface area contributed by atoms with Crippen LogP contribution in [-0.2, 0) is 9.59 Å². The first-order valence-electron chi connectivity index (χ1n) is 7.73. The monoisotopic (exact) mass is 264 g/mol. The molecule has 106 valence electrons. The highest BCUT2D eigenvalue weighted by atomic mass is 16.2. The Morgan fingerprint density at radius 3 is 2.37 bits per heavy atom. The van der Waals surface area contributed by atoms with E-state index in [2.05, 4.69) is 5.32 Å². The third kappa shape index (κ3) is 1.87. The Labute approximate surface area is 114 Å². The SMILES string of the molecule is CCC1NC(=O)C(C)(C2CC2)N(C2CCCC2)C1=O. The lowest BCUT2D eigenvalue weighted by Crippen LogP contribution is -2.72. The molecule has 0 aromatic heterocycles. The molecule has 2 saturated carbocycles. The molecular weight excluding hydrogens is 240 g/mol. The fourth-order valence-electron chi connectivity index (χ4n) is 3.90. The fraction of sp³-hybridized carbons (Fsp3) is 0.867. The lowest BCUT2D eigenvalue weighted by Gasteiger charge is -2.49. The second-order valence-corrected chi connectivity index (χ2v) is 6.50. The molecule has 0 radical (unpaired) electrons. The van der Waals surface area contributed by atoms with E-state index in [4.69, 9.17) is 0 Å². The van der Waals surface area contributed by atoms with Crippen molar-refractivity contribution in [3.8, 4) is 0 Å². The second-order valence-electron chi connectivity index (χ2n) is 6.50. The molecular formula is C15H24N2O2. The number of piperazine rings is 1. The molecule has 2 atom stereocenters. The molecule has 0 aromatic rings. The second kappa shape index (κ2) is 4.50. The molecule has 2 aliphatic carbocycles. The van der Waals surface area contributed by atoms with E-state index < -0.39 is 5.54 Å². The van der Waals surface area contributed by atoms with Crippen LogP contribution in [0.2, 0.25) is 0 Å². The molecule has 4 nitrogen and oxygen atoms in total. The maximum atomic E-state index is 12.7. The molecule has 4 heteroatoms. The van der Waals surface area contributed by atoms with Crippen LogP contribution in [0.4, 0.5) is 0 Å². The smallest absolute Gasteiger partial charge is 0.246 e. The Morgan fingerprint density at radius 2 is 1.84 bits per heavy atom. The average Bonchev–Trinajstić information content (AvgIpc) is 3.13. The van der Waals surface area contributed by atoms with Crippen molar-refractivity contribution in [1.82, 2.24) is 10.2 Å². The van der Waals surface area contributed by atoms with E-state index in [1.165, 1.54) is 12.8 Å². The van der Waals surface area contributed by atoms with Gasteiger partial charge in [-0.1, -0.05) is 19.8 Å². The van der Waals surface area contributed by atoms with E-state index in [0.717, 1.165) is 25.7 Å². The number of rotatable bonds is 3. The topological polar surface area (TPSA) is 49.4 Å². The average molecular weight is 264 g/mol. The molecule has 3 aliphatic rings. The maximum Gasteiger partial charge on any atom is 0.246 e. The number of hydrogen-bond donors (Lipinski definition) is 1. The van der Waals surface area contributed by atoms with Gasteiger partial charge in [0.05, 0.1) is 0 Å². The zero-order valence-corrected chi connectivity index (χ0v) is 11.9. The van der Waals surface area contributed by atoms with Crippen molar-refractivity contribution in [1.29, 1.82) is 0 Å². The molecule has 1 heterocycles. The Balaban J connectivity index is 1.95. The van der Waals surface area contributed by atoms with Crippen LogP contribution in [0.15, 0.2) is 0 Å². The molecule has 3 rings (SSSR count). The summed E-state index contributed by atoms with van der Waals surface area (Å²) >= 11 is 0. The van der Waals surface area contributed by atoms with Gasteiger partial charge >= 0.3 is 0 Å². The van der Waals surface area contributed by atoms with Gasteiger partial charge in [0.15, 0.2) is 0 Å². The molecule has 0 spiro atoms. The van der Waals surface area contributed by atoms with Crippen molar-refractivity contribution in [3.63, 3.8) is 0 Å². The number of hydrogen-bond acceptors (Lipinski definition) is 2. The third-order valence-corrected chi connectivity index (χ3v) is 5.27. The highest BCUT2D eigenvalue weighted by molar-refractivity contribution is 6.00. The van der Waals surface area contributed by atoms with Crippen molar-refractivity contribution >= 4 is 11.8 Å². The summed E-state index contributed by atoms with van der Waals surface area (Å²) in [6.07, 6.45) is 7.36. The van der Waals surface area contributed by atoms with Gasteiger partial charge in [-0.2, -0.15) is 0 Å². The molecule has 19 heavy (non-hydrogen) atoms. The first kappa shape index (κ1) is 12.9. The van der Waals surface area contributed by atoms with Crippen molar-refractivity contribution in [3.05, 3.63) is 0 Å². The van der Waals surface area contributed by atoms with Crippen molar-refractivity contribution in [2.24, 2.45) is 5.92 Å². The summed E-state index contributed by atoms with van der Waals surface area (Å²) < 4.78 is 0. The minimum atomic E-state index is -0.586. The molecule has 0 bridgehead atoms. The molecule has 1 N–H and O–H groups in total. The van der Waals surface area contributed by atoms with E-state index >= 15 is 0 Å². The first-order valence-corrected chi connectivity index (χ1v) is 7.73. The minimum absolute atomic E-state index is 0.0772. The van der Waals surface area contributed by atoms with Gasteiger partial charge in [-0.3, -0.25) is 9.59 Å². The van der Waals surface area contributed by atoms with Gasteiger partial charge in [0, 0.05) is 6.04 Å². The van der Waals surface area contributed by atoms with Gasteiger partial charge in [0.2, 0.25) is 11.8 Å². The quantitative estimate of drug-likeness (QED) is 0.845. The summed E-state index contributed by atoms with van der Waals surface area (Å²) in [5.74, 6) is 0.603. The number of nitrogens with one attached hydrogen (secondary N) is 1.